The Morgan fingerprint density at radius 1 is 1.11 bits per heavy atom. The number of ether oxygens (including phenoxy) is 2. The Morgan fingerprint density at radius 3 is 2.48 bits per heavy atom. The van der Waals surface area contributed by atoms with E-state index in [1.54, 1.807) is 24.3 Å². The molecule has 6 heteroatoms. The zero-order chi connectivity index (χ0) is 19.9. The molecule has 0 aliphatic carbocycles. The molecule has 0 radical (unpaired) electrons. The van der Waals surface area contributed by atoms with Crippen molar-refractivity contribution in [2.45, 2.75) is 52.9 Å². The van der Waals surface area contributed by atoms with E-state index in [1.807, 2.05) is 20.8 Å². The van der Waals surface area contributed by atoms with Gasteiger partial charge < -0.3 is 13.9 Å². The third-order valence-corrected chi connectivity index (χ3v) is 4.67. The van der Waals surface area contributed by atoms with Crippen LogP contribution in [-0.4, -0.2) is 19.2 Å². The molecule has 1 heterocycles. The summed E-state index contributed by atoms with van der Waals surface area (Å²) in [6, 6.07) is 6.70. The van der Waals surface area contributed by atoms with Crippen LogP contribution in [0.25, 0.3) is 11.0 Å². The number of unbranched alkanes of at least 4 members (excludes halogenated alkanes) is 3. The van der Waals surface area contributed by atoms with Gasteiger partial charge in [-0.3, -0.25) is 4.79 Å². The summed E-state index contributed by atoms with van der Waals surface area (Å²) in [7, 11) is 0. The normalized spacial score (nSPS) is 11.6. The van der Waals surface area contributed by atoms with Gasteiger partial charge in [0.1, 0.15) is 5.58 Å². The molecule has 2 aromatic rings. The molecule has 1 aromatic carbocycles. The molecule has 0 saturated heterocycles. The molecule has 0 aliphatic rings. The van der Waals surface area contributed by atoms with Gasteiger partial charge in [0.05, 0.1) is 24.0 Å². The summed E-state index contributed by atoms with van der Waals surface area (Å²) in [6.45, 7) is 6.42. The first-order chi connectivity index (χ1) is 12.9. The first kappa shape index (κ1) is 20.9. The van der Waals surface area contributed by atoms with Crippen molar-refractivity contribution in [3.05, 3.63) is 40.5 Å². The first-order valence-corrected chi connectivity index (χ1v) is 9.38. The van der Waals surface area contributed by atoms with Gasteiger partial charge in [-0.25, -0.2) is 4.79 Å². The summed E-state index contributed by atoms with van der Waals surface area (Å²) in [6.07, 6.45) is 3.96. The fraction of sp³-hybridized carbons (Fsp3) is 0.524. The van der Waals surface area contributed by atoms with Crippen molar-refractivity contribution >= 4 is 16.9 Å². The maximum Gasteiger partial charge on any atom is 0.376 e. The lowest BCUT2D eigenvalue weighted by Gasteiger charge is -2.20. The maximum atomic E-state index is 14.0. The number of para-hydroxylation sites is 1. The minimum Gasteiger partial charge on any atom is -0.489 e. The summed E-state index contributed by atoms with van der Waals surface area (Å²) in [5.41, 5.74) is -1.17. The molecule has 0 bridgehead atoms. The predicted octanol–water partition coefficient (Wildman–Crippen LogP) is 4.85. The predicted molar refractivity (Wildman–Crippen MR) is 101 cm³/mol. The Kier molecular flexibility index (Phi) is 7.39. The fourth-order valence-corrected chi connectivity index (χ4v) is 2.48. The SMILES string of the molecule is CCC(C)(C)C(=O)OCCCCCCOc1c(F)c(=O)oc2ccccc12. The number of fused-ring (bicyclic) bond motifs is 1. The molecule has 27 heavy (non-hydrogen) atoms. The largest absolute Gasteiger partial charge is 0.489 e. The van der Waals surface area contributed by atoms with Crippen molar-refractivity contribution in [1.82, 2.24) is 0 Å². The van der Waals surface area contributed by atoms with Crippen LogP contribution in [0.3, 0.4) is 0 Å². The Hall–Kier alpha value is -2.37. The summed E-state index contributed by atoms with van der Waals surface area (Å²) >= 11 is 0. The standard InChI is InChI=1S/C21H27FO5/c1-4-21(2,3)20(24)26-14-10-6-5-9-13-25-18-15-11-7-8-12-16(15)27-19(23)17(18)22/h7-8,11-12H,4-6,9-10,13-14H2,1-3H3. The van der Waals surface area contributed by atoms with Crippen LogP contribution in [0.2, 0.25) is 0 Å². The number of esters is 1. The Morgan fingerprint density at radius 2 is 1.78 bits per heavy atom. The highest BCUT2D eigenvalue weighted by Crippen LogP contribution is 2.26. The highest BCUT2D eigenvalue weighted by atomic mass is 19.1. The second kappa shape index (κ2) is 9.53. The number of hydrogen-bond donors (Lipinski definition) is 0. The Bertz CT molecular complexity index is 825. The zero-order valence-electron chi connectivity index (χ0n) is 16.2. The smallest absolute Gasteiger partial charge is 0.376 e. The van der Waals surface area contributed by atoms with E-state index in [0.29, 0.717) is 30.6 Å². The van der Waals surface area contributed by atoms with Crippen LogP contribution < -0.4 is 10.4 Å². The van der Waals surface area contributed by atoms with Gasteiger partial charge in [-0.05, 0) is 58.1 Å². The van der Waals surface area contributed by atoms with E-state index in [4.69, 9.17) is 13.9 Å². The molecule has 1 aromatic heterocycles. The number of carbonyl (C=O) groups is 1. The fourth-order valence-electron chi connectivity index (χ4n) is 2.48. The van der Waals surface area contributed by atoms with Gasteiger partial charge in [-0.15, -0.1) is 0 Å². The van der Waals surface area contributed by atoms with Crippen molar-refractivity contribution in [3.63, 3.8) is 0 Å². The monoisotopic (exact) mass is 378 g/mol. The molecule has 2 rings (SSSR count). The third kappa shape index (κ3) is 5.55. The van der Waals surface area contributed by atoms with Gasteiger partial charge >= 0.3 is 11.6 Å². The maximum absolute atomic E-state index is 14.0. The second-order valence-electron chi connectivity index (χ2n) is 7.16. The molecule has 0 unspecified atom stereocenters. The van der Waals surface area contributed by atoms with Crippen molar-refractivity contribution < 1.29 is 23.1 Å². The molecule has 0 atom stereocenters. The molecule has 0 fully saturated rings. The van der Waals surface area contributed by atoms with E-state index in [0.717, 1.165) is 25.7 Å². The van der Waals surface area contributed by atoms with Crippen LogP contribution in [0.1, 0.15) is 52.9 Å². The lowest BCUT2D eigenvalue weighted by atomic mass is 9.91. The van der Waals surface area contributed by atoms with Crippen molar-refractivity contribution in [1.29, 1.82) is 0 Å². The van der Waals surface area contributed by atoms with E-state index in [2.05, 4.69) is 0 Å². The van der Waals surface area contributed by atoms with Crippen LogP contribution in [0.15, 0.2) is 33.5 Å². The molecule has 0 amide bonds. The summed E-state index contributed by atoms with van der Waals surface area (Å²) in [5, 5.41) is 0.444. The van der Waals surface area contributed by atoms with Gasteiger partial charge in [0, 0.05) is 0 Å². The number of hydrogen-bond acceptors (Lipinski definition) is 5. The van der Waals surface area contributed by atoms with Gasteiger partial charge in [0.25, 0.3) is 5.82 Å². The van der Waals surface area contributed by atoms with Gasteiger partial charge in [-0.1, -0.05) is 19.1 Å². The Balaban J connectivity index is 1.72. The van der Waals surface area contributed by atoms with Gasteiger partial charge in [0.15, 0.2) is 5.75 Å². The minimum absolute atomic E-state index is 0.0578. The summed E-state index contributed by atoms with van der Waals surface area (Å²) < 4.78 is 29.7. The van der Waals surface area contributed by atoms with Crippen molar-refractivity contribution in [3.8, 4) is 5.75 Å². The number of halogens is 1. The van der Waals surface area contributed by atoms with Crippen molar-refractivity contribution in [2.24, 2.45) is 5.41 Å². The van der Waals surface area contributed by atoms with Crippen molar-refractivity contribution in [2.75, 3.05) is 13.2 Å². The number of carbonyl (C=O) groups excluding carboxylic acids is 1. The molecule has 0 spiro atoms. The number of benzene rings is 1. The molecule has 0 aliphatic heterocycles. The van der Waals surface area contributed by atoms with E-state index >= 15 is 0 Å². The van der Waals surface area contributed by atoms with Crippen LogP contribution in [0.5, 0.6) is 5.75 Å². The first-order valence-electron chi connectivity index (χ1n) is 9.38. The Labute approximate surface area is 158 Å². The highest BCUT2D eigenvalue weighted by Gasteiger charge is 2.26. The molecule has 0 saturated carbocycles. The molecular formula is C21H27FO5. The topological polar surface area (TPSA) is 65.7 Å². The van der Waals surface area contributed by atoms with Crippen LogP contribution in [0, 0.1) is 11.2 Å². The van der Waals surface area contributed by atoms with E-state index in [-0.39, 0.29) is 11.7 Å². The highest BCUT2D eigenvalue weighted by molar-refractivity contribution is 5.83. The molecule has 0 N–H and O–H groups in total. The van der Waals surface area contributed by atoms with Crippen LogP contribution in [0.4, 0.5) is 4.39 Å². The lowest BCUT2D eigenvalue weighted by Crippen LogP contribution is -2.26. The second-order valence-corrected chi connectivity index (χ2v) is 7.16. The number of rotatable bonds is 10. The molecule has 148 valence electrons. The minimum atomic E-state index is -1.03. The van der Waals surface area contributed by atoms with E-state index < -0.39 is 16.9 Å². The summed E-state index contributed by atoms with van der Waals surface area (Å²) in [5.74, 6) is -1.23. The zero-order valence-corrected chi connectivity index (χ0v) is 16.2. The van der Waals surface area contributed by atoms with Crippen LogP contribution >= 0.6 is 0 Å². The van der Waals surface area contributed by atoms with E-state index in [9.17, 15) is 14.0 Å². The quantitative estimate of drug-likeness (QED) is 0.336. The molecular weight excluding hydrogens is 351 g/mol. The van der Waals surface area contributed by atoms with E-state index in [1.165, 1.54) is 0 Å². The van der Waals surface area contributed by atoms with Crippen LogP contribution in [-0.2, 0) is 9.53 Å². The lowest BCUT2D eigenvalue weighted by molar-refractivity contribution is -0.154. The van der Waals surface area contributed by atoms with Gasteiger partial charge in [-0.2, -0.15) is 4.39 Å². The summed E-state index contributed by atoms with van der Waals surface area (Å²) in [4.78, 5) is 23.4. The average Bonchev–Trinajstić information content (AvgIpc) is 2.66. The average molecular weight is 378 g/mol. The third-order valence-electron chi connectivity index (χ3n) is 4.67. The molecule has 5 nitrogen and oxygen atoms in total. The van der Waals surface area contributed by atoms with Gasteiger partial charge in [0.2, 0.25) is 0 Å².